The van der Waals surface area contributed by atoms with Crippen molar-refractivity contribution in [3.8, 4) is 0 Å². The quantitative estimate of drug-likeness (QED) is 0.918. The lowest BCUT2D eigenvalue weighted by atomic mass is 10.1. The van der Waals surface area contributed by atoms with Gasteiger partial charge in [0, 0.05) is 39.3 Å². The van der Waals surface area contributed by atoms with Crippen LogP contribution >= 0.6 is 0 Å². The normalized spacial score (nSPS) is 16.6. The topological polar surface area (TPSA) is 26.7 Å². The first kappa shape index (κ1) is 17.1. The maximum absolute atomic E-state index is 13.3. The molecule has 1 aliphatic heterocycles. The molecule has 0 aromatic heterocycles. The maximum atomic E-state index is 13.3. The molecule has 1 aliphatic rings. The summed E-state index contributed by atoms with van der Waals surface area (Å²) in [6.07, 6.45) is 0. The van der Waals surface area contributed by atoms with Crippen LogP contribution in [0.3, 0.4) is 0 Å². The van der Waals surface area contributed by atoms with Gasteiger partial charge in [0.1, 0.15) is 5.82 Å². The molecular formula is C16H27FN2O. The highest BCUT2D eigenvalue weighted by molar-refractivity contribution is 5.23. The molecule has 0 spiro atoms. The van der Waals surface area contributed by atoms with Crippen LogP contribution in [0.2, 0.25) is 0 Å². The van der Waals surface area contributed by atoms with Gasteiger partial charge in [-0.1, -0.05) is 19.9 Å². The molecule has 114 valence electrons. The highest BCUT2D eigenvalue weighted by Gasteiger charge is 2.16. The first-order valence-electron chi connectivity index (χ1n) is 7.49. The van der Waals surface area contributed by atoms with Crippen LogP contribution in [0.4, 0.5) is 4.39 Å². The van der Waals surface area contributed by atoms with E-state index in [1.807, 2.05) is 26.8 Å². The number of benzene rings is 1. The summed E-state index contributed by atoms with van der Waals surface area (Å²) in [7, 11) is 0. The second-order valence-electron chi connectivity index (χ2n) is 4.98. The smallest absolute Gasteiger partial charge is 0.123 e. The van der Waals surface area contributed by atoms with Crippen molar-refractivity contribution >= 4 is 0 Å². The zero-order valence-corrected chi connectivity index (χ0v) is 12.9. The van der Waals surface area contributed by atoms with E-state index in [-0.39, 0.29) is 12.4 Å². The molecule has 0 amide bonds. The molecule has 1 fully saturated rings. The van der Waals surface area contributed by atoms with Crippen LogP contribution in [0.5, 0.6) is 0 Å². The minimum atomic E-state index is -0.149. The van der Waals surface area contributed by atoms with Crippen LogP contribution in [0.25, 0.3) is 0 Å². The summed E-state index contributed by atoms with van der Waals surface area (Å²) >= 11 is 0. The van der Waals surface area contributed by atoms with Gasteiger partial charge in [-0.3, -0.25) is 9.80 Å². The minimum absolute atomic E-state index is 0.149. The van der Waals surface area contributed by atoms with Gasteiger partial charge >= 0.3 is 0 Å². The van der Waals surface area contributed by atoms with E-state index in [4.69, 9.17) is 5.11 Å². The predicted octanol–water partition coefficient (Wildman–Crippen LogP) is 2.27. The molecule has 0 radical (unpaired) electrons. The third-order valence-electron chi connectivity index (χ3n) is 3.39. The number of rotatable bonds is 4. The van der Waals surface area contributed by atoms with E-state index in [1.165, 1.54) is 0 Å². The Morgan fingerprint density at radius 1 is 1.05 bits per heavy atom. The number of aryl methyl sites for hydroxylation is 1. The van der Waals surface area contributed by atoms with Crippen molar-refractivity contribution in [2.24, 2.45) is 0 Å². The van der Waals surface area contributed by atoms with Crippen LogP contribution in [-0.4, -0.2) is 54.2 Å². The lowest BCUT2D eigenvalue weighted by molar-refractivity contribution is 0.108. The molecule has 1 saturated heterocycles. The average molecular weight is 282 g/mol. The Labute approximate surface area is 122 Å². The number of aliphatic hydroxyl groups excluding tert-OH is 1. The Morgan fingerprint density at radius 3 is 2.20 bits per heavy atom. The molecular weight excluding hydrogens is 255 g/mol. The van der Waals surface area contributed by atoms with E-state index in [9.17, 15) is 4.39 Å². The molecule has 0 saturated carbocycles. The van der Waals surface area contributed by atoms with Gasteiger partial charge < -0.3 is 5.11 Å². The molecule has 1 heterocycles. The van der Waals surface area contributed by atoms with E-state index in [0.29, 0.717) is 0 Å². The number of β-amino-alcohol motifs (C(OH)–C–C–N with tert-alkyl or cyclic N) is 1. The van der Waals surface area contributed by atoms with E-state index >= 15 is 0 Å². The van der Waals surface area contributed by atoms with Crippen LogP contribution < -0.4 is 0 Å². The average Bonchev–Trinajstić information content (AvgIpc) is 2.42. The molecule has 0 aliphatic carbocycles. The molecule has 1 N–H and O–H groups in total. The Hall–Kier alpha value is -0.970. The summed E-state index contributed by atoms with van der Waals surface area (Å²) in [4.78, 5) is 4.59. The van der Waals surface area contributed by atoms with Crippen LogP contribution in [-0.2, 0) is 6.54 Å². The van der Waals surface area contributed by atoms with E-state index in [2.05, 4.69) is 9.80 Å². The first-order chi connectivity index (χ1) is 9.67. The SMILES string of the molecule is CC.Cc1cc(F)cc(CN2CCN(CCO)CC2)c1. The summed E-state index contributed by atoms with van der Waals surface area (Å²) in [6, 6.07) is 5.22. The molecule has 2 rings (SSSR count). The van der Waals surface area contributed by atoms with Gasteiger partial charge in [-0.05, 0) is 30.2 Å². The molecule has 1 aromatic rings. The van der Waals surface area contributed by atoms with Gasteiger partial charge in [0.15, 0.2) is 0 Å². The fourth-order valence-electron chi connectivity index (χ4n) is 2.47. The largest absolute Gasteiger partial charge is 0.395 e. The molecule has 0 atom stereocenters. The van der Waals surface area contributed by atoms with Crippen LogP contribution in [0.1, 0.15) is 25.0 Å². The zero-order valence-electron chi connectivity index (χ0n) is 12.9. The van der Waals surface area contributed by atoms with Crippen molar-refractivity contribution in [2.45, 2.75) is 27.3 Å². The Bertz CT molecular complexity index is 370. The second-order valence-corrected chi connectivity index (χ2v) is 4.98. The van der Waals surface area contributed by atoms with E-state index in [0.717, 1.165) is 50.4 Å². The summed E-state index contributed by atoms with van der Waals surface area (Å²) in [5, 5.41) is 8.88. The standard InChI is InChI=1S/C14H21FN2O.C2H6/c1-12-8-13(10-14(15)9-12)11-17-4-2-16(3-5-17)6-7-18;1-2/h8-10,18H,2-7,11H2,1H3;1-2H3. The Morgan fingerprint density at radius 2 is 1.65 bits per heavy atom. The molecule has 4 heteroatoms. The molecule has 0 bridgehead atoms. The number of hydrogen-bond acceptors (Lipinski definition) is 3. The molecule has 3 nitrogen and oxygen atoms in total. The van der Waals surface area contributed by atoms with Gasteiger partial charge in [-0.2, -0.15) is 0 Å². The van der Waals surface area contributed by atoms with Crippen molar-refractivity contribution in [3.63, 3.8) is 0 Å². The summed E-state index contributed by atoms with van der Waals surface area (Å²) in [5.74, 6) is -0.149. The van der Waals surface area contributed by atoms with Gasteiger partial charge in [-0.15, -0.1) is 0 Å². The maximum Gasteiger partial charge on any atom is 0.123 e. The lowest BCUT2D eigenvalue weighted by Gasteiger charge is -2.34. The van der Waals surface area contributed by atoms with E-state index < -0.39 is 0 Å². The number of halogens is 1. The highest BCUT2D eigenvalue weighted by atomic mass is 19.1. The Kier molecular flexibility index (Phi) is 7.73. The first-order valence-corrected chi connectivity index (χ1v) is 7.49. The van der Waals surface area contributed by atoms with Crippen molar-refractivity contribution < 1.29 is 9.50 Å². The molecule has 20 heavy (non-hydrogen) atoms. The van der Waals surface area contributed by atoms with Crippen LogP contribution in [0.15, 0.2) is 18.2 Å². The van der Waals surface area contributed by atoms with Gasteiger partial charge in [0.05, 0.1) is 6.61 Å². The number of aliphatic hydroxyl groups is 1. The Balaban J connectivity index is 0.000000956. The second kappa shape index (κ2) is 9.06. The van der Waals surface area contributed by atoms with Gasteiger partial charge in [0.2, 0.25) is 0 Å². The third-order valence-corrected chi connectivity index (χ3v) is 3.39. The summed E-state index contributed by atoms with van der Waals surface area (Å²) in [5.41, 5.74) is 2.02. The summed E-state index contributed by atoms with van der Waals surface area (Å²) < 4.78 is 13.3. The zero-order chi connectivity index (χ0) is 15.0. The fraction of sp³-hybridized carbons (Fsp3) is 0.625. The number of piperazine rings is 1. The molecule has 1 aromatic carbocycles. The fourth-order valence-corrected chi connectivity index (χ4v) is 2.47. The third kappa shape index (κ3) is 5.57. The number of hydrogen-bond donors (Lipinski definition) is 1. The van der Waals surface area contributed by atoms with E-state index in [1.54, 1.807) is 12.1 Å². The number of nitrogens with zero attached hydrogens (tertiary/aromatic N) is 2. The van der Waals surface area contributed by atoms with Crippen molar-refractivity contribution in [1.29, 1.82) is 0 Å². The van der Waals surface area contributed by atoms with Gasteiger partial charge in [-0.25, -0.2) is 4.39 Å². The molecule has 0 unspecified atom stereocenters. The summed E-state index contributed by atoms with van der Waals surface area (Å²) in [6.45, 7) is 11.6. The van der Waals surface area contributed by atoms with Crippen molar-refractivity contribution in [1.82, 2.24) is 9.80 Å². The monoisotopic (exact) mass is 282 g/mol. The lowest BCUT2D eigenvalue weighted by Crippen LogP contribution is -2.46. The highest BCUT2D eigenvalue weighted by Crippen LogP contribution is 2.12. The van der Waals surface area contributed by atoms with Crippen molar-refractivity contribution in [3.05, 3.63) is 35.1 Å². The van der Waals surface area contributed by atoms with Crippen molar-refractivity contribution in [2.75, 3.05) is 39.3 Å². The predicted molar refractivity (Wildman–Crippen MR) is 81.3 cm³/mol. The van der Waals surface area contributed by atoms with Gasteiger partial charge in [0.25, 0.3) is 0 Å². The van der Waals surface area contributed by atoms with Crippen LogP contribution in [0, 0.1) is 12.7 Å². The minimum Gasteiger partial charge on any atom is -0.395 e.